The maximum atomic E-state index is 11.9. The predicted molar refractivity (Wildman–Crippen MR) is 60.4 cm³/mol. The van der Waals surface area contributed by atoms with Crippen molar-refractivity contribution in [3.8, 4) is 0 Å². The Morgan fingerprint density at radius 1 is 1.56 bits per heavy atom. The fourth-order valence-electron chi connectivity index (χ4n) is 1.78. The van der Waals surface area contributed by atoms with Gasteiger partial charge in [0.2, 0.25) is 10.0 Å². The maximum Gasteiger partial charge on any atom is 0.216 e. The summed E-state index contributed by atoms with van der Waals surface area (Å²) in [6, 6.07) is 1.75. The highest BCUT2D eigenvalue weighted by Crippen LogP contribution is 2.11. The molecule has 1 atom stereocenters. The molecular weight excluding hydrogens is 228 g/mol. The Balaban J connectivity index is 1.91. The van der Waals surface area contributed by atoms with Crippen LogP contribution in [0.1, 0.15) is 18.4 Å². The summed E-state index contributed by atoms with van der Waals surface area (Å²) in [6.07, 6.45) is 4.72. The first-order chi connectivity index (χ1) is 7.68. The minimum Gasteiger partial charge on any atom is -0.472 e. The van der Waals surface area contributed by atoms with Crippen molar-refractivity contribution in [1.82, 2.24) is 10.0 Å². The average molecular weight is 244 g/mol. The molecule has 1 aliphatic rings. The molecule has 16 heavy (non-hydrogen) atoms. The van der Waals surface area contributed by atoms with Gasteiger partial charge >= 0.3 is 0 Å². The zero-order valence-electron chi connectivity index (χ0n) is 8.98. The Hall–Kier alpha value is -0.850. The van der Waals surface area contributed by atoms with Crippen LogP contribution in [0.2, 0.25) is 0 Å². The summed E-state index contributed by atoms with van der Waals surface area (Å²) in [7, 11) is -3.21. The van der Waals surface area contributed by atoms with Crippen LogP contribution in [-0.2, 0) is 16.6 Å². The third-order valence-electron chi connectivity index (χ3n) is 2.75. The number of hydrogen-bond acceptors (Lipinski definition) is 4. The van der Waals surface area contributed by atoms with Crippen LogP contribution in [-0.4, -0.2) is 26.8 Å². The lowest BCUT2D eigenvalue weighted by Gasteiger charge is -2.22. The molecular formula is C10H16N2O3S. The van der Waals surface area contributed by atoms with Gasteiger partial charge in [-0.3, -0.25) is 0 Å². The zero-order chi connectivity index (χ0) is 11.4. The number of sulfonamides is 1. The molecule has 2 rings (SSSR count). The minimum atomic E-state index is -3.21. The van der Waals surface area contributed by atoms with Crippen LogP contribution in [0, 0.1) is 0 Å². The average Bonchev–Trinajstić information content (AvgIpc) is 2.81. The Morgan fingerprint density at radius 2 is 2.44 bits per heavy atom. The highest BCUT2D eigenvalue weighted by atomic mass is 32.2. The largest absolute Gasteiger partial charge is 0.472 e. The molecule has 1 fully saturated rings. The van der Waals surface area contributed by atoms with E-state index < -0.39 is 10.0 Å². The van der Waals surface area contributed by atoms with Crippen molar-refractivity contribution in [1.29, 1.82) is 0 Å². The summed E-state index contributed by atoms with van der Waals surface area (Å²) in [6.45, 7) is 1.75. The second-order valence-electron chi connectivity index (χ2n) is 3.97. The molecule has 0 spiro atoms. The van der Waals surface area contributed by atoms with Gasteiger partial charge in [0.1, 0.15) is 0 Å². The quantitative estimate of drug-likeness (QED) is 0.806. The summed E-state index contributed by atoms with van der Waals surface area (Å²) in [5.74, 6) is 0. The van der Waals surface area contributed by atoms with Crippen LogP contribution in [0.25, 0.3) is 0 Å². The normalized spacial score (nSPS) is 22.1. The minimum absolute atomic E-state index is 0.301. The van der Waals surface area contributed by atoms with E-state index in [0.717, 1.165) is 24.9 Å². The lowest BCUT2D eigenvalue weighted by molar-refractivity contribution is 0.489. The maximum absolute atomic E-state index is 11.9. The van der Waals surface area contributed by atoms with E-state index in [4.69, 9.17) is 4.42 Å². The van der Waals surface area contributed by atoms with E-state index in [1.54, 1.807) is 12.3 Å². The number of furan rings is 1. The van der Waals surface area contributed by atoms with Gasteiger partial charge in [-0.1, -0.05) is 0 Å². The molecule has 0 aliphatic carbocycles. The molecule has 0 radical (unpaired) electrons. The third-order valence-corrected chi connectivity index (χ3v) is 4.57. The smallest absolute Gasteiger partial charge is 0.216 e. The number of hydrogen-bond donors (Lipinski definition) is 2. The summed E-state index contributed by atoms with van der Waals surface area (Å²) >= 11 is 0. The molecule has 0 bridgehead atoms. The molecule has 2 N–H and O–H groups in total. The first kappa shape index (κ1) is 11.6. The molecule has 1 aliphatic heterocycles. The molecule has 5 nitrogen and oxygen atoms in total. The topological polar surface area (TPSA) is 71.3 Å². The van der Waals surface area contributed by atoms with Gasteiger partial charge in [-0.2, -0.15) is 0 Å². The summed E-state index contributed by atoms with van der Waals surface area (Å²) in [5.41, 5.74) is 0.840. The van der Waals surface area contributed by atoms with Crippen molar-refractivity contribution in [2.75, 3.05) is 13.1 Å². The molecule has 0 aromatic carbocycles. The van der Waals surface area contributed by atoms with Crippen LogP contribution in [0.3, 0.4) is 0 Å². The van der Waals surface area contributed by atoms with Gasteiger partial charge in [-0.15, -0.1) is 0 Å². The van der Waals surface area contributed by atoms with Crippen LogP contribution >= 0.6 is 0 Å². The van der Waals surface area contributed by atoms with Gasteiger partial charge in [-0.05, 0) is 25.5 Å². The summed E-state index contributed by atoms with van der Waals surface area (Å²) in [5, 5.41) is 2.78. The second kappa shape index (κ2) is 4.99. The van der Waals surface area contributed by atoms with E-state index >= 15 is 0 Å². The molecule has 1 unspecified atom stereocenters. The van der Waals surface area contributed by atoms with Gasteiger partial charge in [0.05, 0.1) is 17.8 Å². The lowest BCUT2D eigenvalue weighted by Crippen LogP contribution is -2.43. The molecule has 2 heterocycles. The van der Waals surface area contributed by atoms with Crippen LogP contribution in [0.5, 0.6) is 0 Å². The van der Waals surface area contributed by atoms with Crippen molar-refractivity contribution < 1.29 is 12.8 Å². The molecule has 90 valence electrons. The van der Waals surface area contributed by atoms with E-state index in [9.17, 15) is 8.42 Å². The Labute approximate surface area is 95.3 Å². The SMILES string of the molecule is O=S(=O)(NCc1ccoc1)C1CCCNC1. The monoisotopic (exact) mass is 244 g/mol. The fraction of sp³-hybridized carbons (Fsp3) is 0.600. The predicted octanol–water partition coefficient (Wildman–Crippen LogP) is 0.451. The third kappa shape index (κ3) is 2.84. The van der Waals surface area contributed by atoms with Crippen LogP contribution in [0.4, 0.5) is 0 Å². The summed E-state index contributed by atoms with van der Waals surface area (Å²) in [4.78, 5) is 0. The first-order valence-electron chi connectivity index (χ1n) is 5.39. The highest BCUT2D eigenvalue weighted by molar-refractivity contribution is 7.90. The van der Waals surface area contributed by atoms with E-state index in [-0.39, 0.29) is 5.25 Å². The lowest BCUT2D eigenvalue weighted by atomic mass is 10.2. The van der Waals surface area contributed by atoms with E-state index in [2.05, 4.69) is 10.0 Å². The van der Waals surface area contributed by atoms with Gasteiger partial charge < -0.3 is 9.73 Å². The van der Waals surface area contributed by atoms with Gasteiger partial charge in [0.25, 0.3) is 0 Å². The molecule has 6 heteroatoms. The van der Waals surface area contributed by atoms with Crippen LogP contribution in [0.15, 0.2) is 23.0 Å². The summed E-state index contributed by atoms with van der Waals surface area (Å²) < 4.78 is 31.3. The van der Waals surface area contributed by atoms with E-state index in [0.29, 0.717) is 13.1 Å². The first-order valence-corrected chi connectivity index (χ1v) is 6.93. The zero-order valence-corrected chi connectivity index (χ0v) is 9.79. The highest BCUT2D eigenvalue weighted by Gasteiger charge is 2.26. The Kier molecular flexibility index (Phi) is 3.63. The van der Waals surface area contributed by atoms with Crippen molar-refractivity contribution in [2.24, 2.45) is 0 Å². The van der Waals surface area contributed by atoms with Crippen molar-refractivity contribution in [3.63, 3.8) is 0 Å². The van der Waals surface area contributed by atoms with Crippen molar-refractivity contribution >= 4 is 10.0 Å². The molecule has 0 saturated carbocycles. The van der Waals surface area contributed by atoms with Gasteiger partial charge in [-0.25, -0.2) is 13.1 Å². The van der Waals surface area contributed by atoms with E-state index in [1.807, 2.05) is 0 Å². The standard InChI is InChI=1S/C10H16N2O3S/c13-16(14,10-2-1-4-11-7-10)12-6-9-3-5-15-8-9/h3,5,8,10-12H,1-2,4,6-7H2. The molecule has 1 aromatic rings. The Morgan fingerprint density at radius 3 is 3.06 bits per heavy atom. The van der Waals surface area contributed by atoms with E-state index in [1.165, 1.54) is 6.26 Å². The number of rotatable bonds is 4. The molecule has 0 amide bonds. The van der Waals surface area contributed by atoms with Crippen molar-refractivity contribution in [2.45, 2.75) is 24.6 Å². The molecule has 1 saturated heterocycles. The molecule has 1 aromatic heterocycles. The van der Waals surface area contributed by atoms with Gasteiger partial charge in [0, 0.05) is 18.7 Å². The van der Waals surface area contributed by atoms with Crippen LogP contribution < -0.4 is 10.0 Å². The number of piperidine rings is 1. The number of nitrogens with one attached hydrogen (secondary N) is 2. The van der Waals surface area contributed by atoms with Gasteiger partial charge in [0.15, 0.2) is 0 Å². The fourth-order valence-corrected chi connectivity index (χ4v) is 3.20. The Bertz CT molecular complexity index is 407. The van der Waals surface area contributed by atoms with Crippen molar-refractivity contribution in [3.05, 3.63) is 24.2 Å². The second-order valence-corrected chi connectivity index (χ2v) is 6.01.